The number of imidazole rings is 1. The predicted molar refractivity (Wildman–Crippen MR) is 303 cm³/mol. The van der Waals surface area contributed by atoms with Gasteiger partial charge >= 0.3 is 5.97 Å². The highest BCUT2D eigenvalue weighted by atomic mass is 16.4. The van der Waals surface area contributed by atoms with E-state index in [4.69, 9.17) is 17.2 Å². The van der Waals surface area contributed by atoms with Crippen molar-refractivity contribution < 1.29 is 58.2 Å². The minimum atomic E-state index is -1.70. The Morgan fingerprint density at radius 1 is 0.699 bits per heavy atom. The molecule has 0 radical (unpaired) electrons. The van der Waals surface area contributed by atoms with Crippen LogP contribution in [0.3, 0.4) is 0 Å². The van der Waals surface area contributed by atoms with E-state index in [0.29, 0.717) is 62.7 Å². The number of carbonyl (C=O) groups is 10. The van der Waals surface area contributed by atoms with Crippen LogP contribution >= 0.6 is 0 Å². The molecule has 0 unspecified atom stereocenters. The molecule has 9 atom stereocenters. The van der Waals surface area contributed by atoms with E-state index < -0.39 is 126 Å². The number of aliphatic hydroxyl groups is 1. The third-order valence-corrected chi connectivity index (χ3v) is 16.1. The zero-order valence-corrected chi connectivity index (χ0v) is 47.8. The van der Waals surface area contributed by atoms with Gasteiger partial charge in [-0.2, -0.15) is 0 Å². The Morgan fingerprint density at radius 2 is 1.29 bits per heavy atom. The van der Waals surface area contributed by atoms with Gasteiger partial charge in [0.15, 0.2) is 5.96 Å². The number of nitrogens with two attached hydrogens (primary N) is 3. The van der Waals surface area contributed by atoms with Crippen molar-refractivity contribution >= 4 is 65.1 Å². The molecule has 4 aliphatic rings. The second-order valence-electron chi connectivity index (χ2n) is 22.5. The van der Waals surface area contributed by atoms with Crippen molar-refractivity contribution in [2.24, 2.45) is 28.1 Å². The van der Waals surface area contributed by atoms with Gasteiger partial charge in [0.2, 0.25) is 53.2 Å². The first-order valence-corrected chi connectivity index (χ1v) is 29.1. The molecule has 83 heavy (non-hydrogen) atoms. The van der Waals surface area contributed by atoms with Crippen molar-refractivity contribution in [3.8, 4) is 0 Å². The molecule has 27 heteroatoms. The molecule has 456 valence electrons. The summed E-state index contributed by atoms with van der Waals surface area (Å²) in [5.74, 6) is -8.02. The first-order chi connectivity index (χ1) is 39.7. The molecule has 2 aromatic rings. The van der Waals surface area contributed by atoms with Gasteiger partial charge in [-0.1, -0.05) is 76.8 Å². The van der Waals surface area contributed by atoms with Crippen molar-refractivity contribution in [1.29, 1.82) is 0 Å². The van der Waals surface area contributed by atoms with Crippen molar-refractivity contribution in [2.75, 3.05) is 32.8 Å². The summed E-state index contributed by atoms with van der Waals surface area (Å²) in [5.41, 5.74) is 17.0. The zero-order valence-electron chi connectivity index (χ0n) is 47.8. The molecule has 3 saturated heterocycles. The highest BCUT2D eigenvalue weighted by molar-refractivity contribution is 6.00. The number of carboxylic acid groups (broad SMARTS) is 1. The quantitative estimate of drug-likeness (QED) is 0.0246. The topological polar surface area (TPSA) is 412 Å². The molecule has 1 aromatic carbocycles. The van der Waals surface area contributed by atoms with Gasteiger partial charge in [0.25, 0.3) is 0 Å². The minimum absolute atomic E-state index is 0.0307. The monoisotopic (exact) mass is 1160 g/mol. The Labute approximate surface area is 483 Å². The average molecular weight is 1160 g/mol. The first-order valence-electron chi connectivity index (χ1n) is 29.1. The van der Waals surface area contributed by atoms with Crippen molar-refractivity contribution in [2.45, 2.75) is 190 Å². The number of aromatic amines is 1. The maximum Gasteiger partial charge on any atom is 0.326 e. The lowest BCUT2D eigenvalue weighted by Crippen LogP contribution is -2.64. The number of hydrogen-bond donors (Lipinski definition) is 12. The molecule has 1 saturated carbocycles. The van der Waals surface area contributed by atoms with Crippen LogP contribution < -0.4 is 49.1 Å². The third kappa shape index (κ3) is 17.2. The number of amides is 9. The summed E-state index contributed by atoms with van der Waals surface area (Å²) in [4.78, 5) is 155. The van der Waals surface area contributed by atoms with E-state index in [-0.39, 0.29) is 82.9 Å². The second-order valence-corrected chi connectivity index (χ2v) is 22.5. The fourth-order valence-corrected chi connectivity index (χ4v) is 11.5. The van der Waals surface area contributed by atoms with Crippen molar-refractivity contribution in [3.63, 3.8) is 0 Å². The summed E-state index contributed by atoms with van der Waals surface area (Å²) in [6.07, 6.45) is 8.74. The second kappa shape index (κ2) is 30.6. The van der Waals surface area contributed by atoms with Crippen LogP contribution in [0.15, 0.2) is 47.8 Å². The fourth-order valence-electron chi connectivity index (χ4n) is 11.5. The Hall–Kier alpha value is -7.68. The number of aliphatic carboxylic acids is 1. The zero-order chi connectivity index (χ0) is 60.4. The lowest BCUT2D eigenvalue weighted by atomic mass is 9.94. The molecule has 0 spiro atoms. The molecule has 4 fully saturated rings. The minimum Gasteiger partial charge on any atom is -0.480 e. The highest BCUT2D eigenvalue weighted by Gasteiger charge is 2.48. The molecule has 27 nitrogen and oxygen atoms in total. The van der Waals surface area contributed by atoms with Crippen LogP contribution in [0.25, 0.3) is 0 Å². The SMILES string of the molecule is CCCC[C@H](N)C(=O)N1CCC[C@H]1C(=O)NC1(C(=O)N[C@@H](Cc2cnc[nH]2)C(=O)N[C@@H](CO)C(=O)N[C@@H](CCCN=C(N)N)C(=O)N[C@H](C(=O)N2CCC[C@H]2C(=O)N[C@@H](Cc2ccccc2)C(=O)N2CCC[C@H]2C(=O)O)C(C)C)CCCC1. The van der Waals surface area contributed by atoms with E-state index >= 15 is 0 Å². The standard InChI is InChI=1S/C56H85N15O12/c1-4-5-17-36(57)50(78)69-25-13-20-42(69)49(77)68-56(22-9-10-23-56)54(83)66-38(29-35-30-60-32-62-35)46(74)65-40(31-72)47(75)63-37(18-11-24-61-55(58)59)45(73)67-44(33(2)3)52(80)70-26-12-19-41(70)48(76)64-39(28-34-15-7-6-8-16-34)51(79)71-27-14-21-43(71)53(81)82/h6-8,15-16,30,32-33,36-44,72H,4-5,9-14,17-29,31,57H2,1-3H3,(H,60,62)(H,63,75)(H,64,76)(H,65,74)(H,66,83)(H,67,73)(H,68,77)(H,81,82)(H4,58,59,61)/t36-,37-,38-,39-,40-,41-,42-,43-,44-/m0/s1. The summed E-state index contributed by atoms with van der Waals surface area (Å²) in [7, 11) is 0. The van der Waals surface area contributed by atoms with E-state index in [0.717, 1.165) is 12.8 Å². The van der Waals surface area contributed by atoms with Gasteiger partial charge in [-0.25, -0.2) is 9.78 Å². The number of rotatable bonds is 29. The number of unbranched alkanes of at least 4 members (excludes halogenated alkanes) is 1. The van der Waals surface area contributed by atoms with E-state index in [1.54, 1.807) is 44.2 Å². The van der Waals surface area contributed by atoms with Crippen LogP contribution in [0.4, 0.5) is 0 Å². The number of aliphatic hydroxyl groups excluding tert-OH is 1. The molecule has 1 aliphatic carbocycles. The van der Waals surface area contributed by atoms with Crippen molar-refractivity contribution in [3.05, 3.63) is 54.1 Å². The highest BCUT2D eigenvalue weighted by Crippen LogP contribution is 2.32. The van der Waals surface area contributed by atoms with Crippen molar-refractivity contribution in [1.82, 2.24) is 56.6 Å². The number of H-pyrrole nitrogens is 1. The van der Waals surface area contributed by atoms with Crippen LogP contribution in [0.1, 0.15) is 128 Å². The molecule has 4 heterocycles. The number of guanidine groups is 1. The third-order valence-electron chi connectivity index (χ3n) is 16.1. The average Bonchev–Trinajstić information content (AvgIpc) is 4.47. The van der Waals surface area contributed by atoms with Crippen LogP contribution in [0.2, 0.25) is 0 Å². The lowest BCUT2D eigenvalue weighted by Gasteiger charge is -2.34. The molecule has 6 rings (SSSR count). The molecule has 9 amide bonds. The molecule has 15 N–H and O–H groups in total. The van der Waals surface area contributed by atoms with E-state index in [1.807, 2.05) is 6.92 Å². The number of carbonyl (C=O) groups excluding carboxylic acids is 9. The number of likely N-dealkylation sites (tertiary alicyclic amines) is 3. The molecule has 0 bridgehead atoms. The number of benzene rings is 1. The summed E-state index contributed by atoms with van der Waals surface area (Å²) in [6, 6.07) is -1.74. The van der Waals surface area contributed by atoms with Gasteiger partial charge in [-0.05, 0) is 82.1 Å². The summed E-state index contributed by atoms with van der Waals surface area (Å²) in [6.45, 7) is 5.08. The number of hydrogen-bond acceptors (Lipinski definition) is 14. The van der Waals surface area contributed by atoms with E-state index in [2.05, 4.69) is 46.9 Å². The van der Waals surface area contributed by atoms with E-state index in [1.165, 1.54) is 27.2 Å². The smallest absolute Gasteiger partial charge is 0.326 e. The van der Waals surface area contributed by atoms with Gasteiger partial charge in [0, 0.05) is 50.9 Å². The number of aliphatic imine (C=N–C) groups is 1. The largest absolute Gasteiger partial charge is 0.480 e. The number of aromatic nitrogens is 2. The van der Waals surface area contributed by atoms with Gasteiger partial charge in [0.05, 0.1) is 19.0 Å². The maximum absolute atomic E-state index is 14.6. The molecular formula is C56H85N15O12. The lowest BCUT2D eigenvalue weighted by molar-refractivity contribution is -0.150. The van der Waals surface area contributed by atoms with Gasteiger partial charge in [-0.15, -0.1) is 0 Å². The van der Waals surface area contributed by atoms with Crippen LogP contribution in [-0.2, 0) is 60.8 Å². The number of nitrogens with zero attached hydrogens (tertiary/aromatic N) is 5. The Morgan fingerprint density at radius 3 is 1.88 bits per heavy atom. The summed E-state index contributed by atoms with van der Waals surface area (Å²) >= 11 is 0. The van der Waals surface area contributed by atoms with E-state index in [9.17, 15) is 58.2 Å². The molecule has 1 aromatic heterocycles. The summed E-state index contributed by atoms with van der Waals surface area (Å²) in [5, 5.41) is 36.9. The van der Waals surface area contributed by atoms with Gasteiger partial charge in [0.1, 0.15) is 53.9 Å². The summed E-state index contributed by atoms with van der Waals surface area (Å²) < 4.78 is 0. The fraction of sp³-hybridized carbons (Fsp3) is 0.643. The van der Waals surface area contributed by atoms with Gasteiger partial charge < -0.3 is 79.0 Å². The van der Waals surface area contributed by atoms with Crippen LogP contribution in [-0.4, -0.2) is 193 Å². The van der Waals surface area contributed by atoms with Gasteiger partial charge in [-0.3, -0.25) is 48.1 Å². The normalized spacial score (nSPS) is 20.5. The molecular weight excluding hydrogens is 1070 g/mol. The Bertz CT molecular complexity index is 2610. The maximum atomic E-state index is 14.6. The van der Waals surface area contributed by atoms with Crippen LogP contribution in [0.5, 0.6) is 0 Å². The Balaban J connectivity index is 1.15. The first kappa shape index (κ1) is 64.5. The number of nitrogens with one attached hydrogen (secondary N) is 7. The molecule has 3 aliphatic heterocycles. The Kier molecular flexibility index (Phi) is 23.8. The number of carboxylic acids is 1. The van der Waals surface area contributed by atoms with Crippen LogP contribution in [0, 0.1) is 5.92 Å². The predicted octanol–water partition coefficient (Wildman–Crippen LogP) is -1.68.